The van der Waals surface area contributed by atoms with Crippen molar-refractivity contribution in [3.63, 3.8) is 0 Å². The number of carboxylic acid groups (broad SMARTS) is 1. The highest BCUT2D eigenvalue weighted by atomic mass is 19.1. The van der Waals surface area contributed by atoms with Crippen molar-refractivity contribution in [2.45, 2.75) is 26.4 Å². The molecule has 0 aliphatic heterocycles. The quantitative estimate of drug-likeness (QED) is 0.752. The first-order chi connectivity index (χ1) is 9.43. The van der Waals surface area contributed by atoms with Crippen LogP contribution in [0.1, 0.15) is 25.0 Å². The molecule has 1 aromatic rings. The van der Waals surface area contributed by atoms with Gasteiger partial charge in [-0.15, -0.1) is 0 Å². The second kappa shape index (κ2) is 7.77. The summed E-state index contributed by atoms with van der Waals surface area (Å²) in [5.74, 6) is -1.48. The van der Waals surface area contributed by atoms with Crippen molar-refractivity contribution in [2.75, 3.05) is 13.2 Å². The van der Waals surface area contributed by atoms with Gasteiger partial charge in [0.1, 0.15) is 5.82 Å². The van der Waals surface area contributed by atoms with E-state index in [-0.39, 0.29) is 12.6 Å². The van der Waals surface area contributed by atoms with Crippen molar-refractivity contribution in [1.82, 2.24) is 4.90 Å². The van der Waals surface area contributed by atoms with Gasteiger partial charge in [0, 0.05) is 25.2 Å². The molecule has 0 saturated heterocycles. The van der Waals surface area contributed by atoms with Gasteiger partial charge in [0.15, 0.2) is 0 Å². The van der Waals surface area contributed by atoms with Crippen molar-refractivity contribution in [3.8, 4) is 0 Å². The maximum Gasteiger partial charge on any atom is 0.328 e. The summed E-state index contributed by atoms with van der Waals surface area (Å²) in [5, 5.41) is 17.7. The molecular weight excluding hydrogens is 261 g/mol. The van der Waals surface area contributed by atoms with Crippen LogP contribution in [0.4, 0.5) is 4.39 Å². The number of carbonyl (C=O) groups is 1. The van der Waals surface area contributed by atoms with Crippen LogP contribution in [0.3, 0.4) is 0 Å². The lowest BCUT2D eigenvalue weighted by molar-refractivity contribution is -0.131. The number of aliphatic hydroxyl groups excluding tert-OH is 1. The number of halogens is 1. The summed E-state index contributed by atoms with van der Waals surface area (Å²) >= 11 is 0. The van der Waals surface area contributed by atoms with E-state index in [2.05, 4.69) is 0 Å². The van der Waals surface area contributed by atoms with E-state index in [0.29, 0.717) is 18.7 Å². The van der Waals surface area contributed by atoms with Gasteiger partial charge in [-0.2, -0.15) is 0 Å². The summed E-state index contributed by atoms with van der Waals surface area (Å²) in [6, 6.07) is 4.53. The highest BCUT2D eigenvalue weighted by molar-refractivity contribution is 5.85. The van der Waals surface area contributed by atoms with Crippen molar-refractivity contribution >= 4 is 12.0 Å². The van der Waals surface area contributed by atoms with Crippen molar-refractivity contribution < 1.29 is 19.4 Å². The smallest absolute Gasteiger partial charge is 0.328 e. The van der Waals surface area contributed by atoms with E-state index in [1.165, 1.54) is 18.2 Å². The minimum atomic E-state index is -1.07. The van der Waals surface area contributed by atoms with E-state index in [4.69, 9.17) is 10.2 Å². The first kappa shape index (κ1) is 16.3. The van der Waals surface area contributed by atoms with Crippen molar-refractivity contribution in [3.05, 3.63) is 41.2 Å². The molecule has 0 aliphatic carbocycles. The van der Waals surface area contributed by atoms with Gasteiger partial charge >= 0.3 is 5.97 Å². The van der Waals surface area contributed by atoms with Crippen LogP contribution in [-0.2, 0) is 11.3 Å². The lowest BCUT2D eigenvalue weighted by atomic mass is 10.1. The van der Waals surface area contributed by atoms with E-state index < -0.39 is 11.8 Å². The average molecular weight is 281 g/mol. The van der Waals surface area contributed by atoms with Crippen LogP contribution >= 0.6 is 0 Å². The highest BCUT2D eigenvalue weighted by Crippen LogP contribution is 2.17. The molecule has 20 heavy (non-hydrogen) atoms. The van der Waals surface area contributed by atoms with Gasteiger partial charge in [-0.3, -0.25) is 4.90 Å². The molecule has 0 fully saturated rings. The third-order valence-electron chi connectivity index (χ3n) is 3.00. The van der Waals surface area contributed by atoms with Gasteiger partial charge in [-0.1, -0.05) is 6.07 Å². The fourth-order valence-electron chi connectivity index (χ4n) is 1.89. The summed E-state index contributed by atoms with van der Waals surface area (Å²) in [6.07, 6.45) is 2.38. The molecule has 0 spiro atoms. The van der Waals surface area contributed by atoms with E-state index >= 15 is 0 Å². The first-order valence-corrected chi connectivity index (χ1v) is 6.48. The SMILES string of the molecule is CC(C)N(CCO)Cc1ccc(F)cc1C=CC(=O)O. The van der Waals surface area contributed by atoms with E-state index in [9.17, 15) is 9.18 Å². The fraction of sp³-hybridized carbons (Fsp3) is 0.400. The molecule has 4 nitrogen and oxygen atoms in total. The number of rotatable bonds is 7. The molecule has 0 bridgehead atoms. The molecule has 0 radical (unpaired) electrons. The number of aliphatic hydroxyl groups is 1. The molecule has 1 aromatic carbocycles. The Labute approximate surface area is 118 Å². The Kier molecular flexibility index (Phi) is 6.35. The Balaban J connectivity index is 3.01. The molecule has 0 aromatic heterocycles. The Morgan fingerprint density at radius 2 is 2.15 bits per heavy atom. The number of carboxylic acids is 1. The topological polar surface area (TPSA) is 60.8 Å². The molecule has 0 saturated carbocycles. The lowest BCUT2D eigenvalue weighted by Gasteiger charge is -2.26. The van der Waals surface area contributed by atoms with Crippen LogP contribution in [-0.4, -0.2) is 40.3 Å². The molecule has 0 amide bonds. The summed E-state index contributed by atoms with van der Waals surface area (Å²) in [7, 11) is 0. The maximum atomic E-state index is 13.3. The van der Waals surface area contributed by atoms with Gasteiger partial charge in [-0.05, 0) is 43.2 Å². The molecular formula is C15H20FNO3. The average Bonchev–Trinajstić information content (AvgIpc) is 2.37. The van der Waals surface area contributed by atoms with E-state index in [1.807, 2.05) is 18.7 Å². The van der Waals surface area contributed by atoms with Crippen LogP contribution in [0.15, 0.2) is 24.3 Å². The molecule has 1 rings (SSSR count). The Morgan fingerprint density at radius 3 is 2.70 bits per heavy atom. The number of hydrogen-bond acceptors (Lipinski definition) is 3. The number of nitrogens with zero attached hydrogens (tertiary/aromatic N) is 1. The molecule has 0 aliphatic rings. The molecule has 0 unspecified atom stereocenters. The van der Waals surface area contributed by atoms with Gasteiger partial charge in [0.2, 0.25) is 0 Å². The van der Waals surface area contributed by atoms with E-state index in [0.717, 1.165) is 11.6 Å². The third kappa shape index (κ3) is 5.11. The molecule has 0 atom stereocenters. The first-order valence-electron chi connectivity index (χ1n) is 6.48. The van der Waals surface area contributed by atoms with Gasteiger partial charge < -0.3 is 10.2 Å². The van der Waals surface area contributed by atoms with E-state index in [1.54, 1.807) is 6.07 Å². The molecule has 2 N–H and O–H groups in total. The zero-order chi connectivity index (χ0) is 15.1. The second-order valence-electron chi connectivity index (χ2n) is 4.80. The predicted octanol–water partition coefficient (Wildman–Crippen LogP) is 2.13. The standard InChI is InChI=1S/C15H20FNO3/c1-11(2)17(7-8-18)10-13-3-5-14(16)9-12(13)4-6-15(19)20/h3-6,9,11,18H,7-8,10H2,1-2H3,(H,19,20). The predicted molar refractivity (Wildman–Crippen MR) is 75.7 cm³/mol. The van der Waals surface area contributed by atoms with Crippen LogP contribution in [0, 0.1) is 5.82 Å². The number of aliphatic carboxylic acids is 1. The van der Waals surface area contributed by atoms with Crippen LogP contribution < -0.4 is 0 Å². The summed E-state index contributed by atoms with van der Waals surface area (Å²) in [4.78, 5) is 12.6. The zero-order valence-corrected chi connectivity index (χ0v) is 11.7. The van der Waals surface area contributed by atoms with Crippen LogP contribution in [0.25, 0.3) is 6.08 Å². The summed E-state index contributed by atoms with van der Waals surface area (Å²) < 4.78 is 13.3. The van der Waals surface area contributed by atoms with Gasteiger partial charge in [-0.25, -0.2) is 9.18 Å². The Morgan fingerprint density at radius 1 is 1.45 bits per heavy atom. The van der Waals surface area contributed by atoms with Gasteiger partial charge in [0.05, 0.1) is 6.61 Å². The normalized spacial score (nSPS) is 11.7. The third-order valence-corrected chi connectivity index (χ3v) is 3.00. The minimum Gasteiger partial charge on any atom is -0.478 e. The molecule has 0 heterocycles. The molecule has 5 heteroatoms. The number of benzene rings is 1. The molecule has 110 valence electrons. The monoisotopic (exact) mass is 281 g/mol. The van der Waals surface area contributed by atoms with Crippen LogP contribution in [0.2, 0.25) is 0 Å². The largest absolute Gasteiger partial charge is 0.478 e. The van der Waals surface area contributed by atoms with Crippen molar-refractivity contribution in [2.24, 2.45) is 0 Å². The summed E-state index contributed by atoms with van der Waals surface area (Å²) in [6.45, 7) is 5.09. The lowest BCUT2D eigenvalue weighted by Crippen LogP contribution is -2.33. The second-order valence-corrected chi connectivity index (χ2v) is 4.80. The van der Waals surface area contributed by atoms with Crippen molar-refractivity contribution in [1.29, 1.82) is 0 Å². The Hall–Kier alpha value is -1.72. The Bertz CT molecular complexity index is 486. The minimum absolute atomic E-state index is 0.0413. The zero-order valence-electron chi connectivity index (χ0n) is 11.7. The fourth-order valence-corrected chi connectivity index (χ4v) is 1.89. The van der Waals surface area contributed by atoms with Crippen LogP contribution in [0.5, 0.6) is 0 Å². The maximum absolute atomic E-state index is 13.3. The highest BCUT2D eigenvalue weighted by Gasteiger charge is 2.12. The summed E-state index contributed by atoms with van der Waals surface area (Å²) in [5.41, 5.74) is 1.36. The number of hydrogen-bond donors (Lipinski definition) is 2. The van der Waals surface area contributed by atoms with Gasteiger partial charge in [0.25, 0.3) is 0 Å².